The minimum absolute atomic E-state index is 0.103. The molecule has 0 aliphatic carbocycles. The Kier molecular flexibility index (Phi) is 7.68. The van der Waals surface area contributed by atoms with Crippen molar-refractivity contribution in [1.29, 1.82) is 0 Å². The molecule has 0 aliphatic heterocycles. The molecule has 5 heteroatoms. The molecule has 0 aromatic carbocycles. The maximum Gasteiger partial charge on any atom is 0.169 e. The van der Waals surface area contributed by atoms with Crippen LogP contribution in [0.1, 0.15) is 38.5 Å². The van der Waals surface area contributed by atoms with Crippen LogP contribution in [0.25, 0.3) is 0 Å². The summed E-state index contributed by atoms with van der Waals surface area (Å²) >= 11 is 3.35. The van der Waals surface area contributed by atoms with Crippen LogP contribution in [0, 0.1) is 0 Å². The Morgan fingerprint density at radius 1 is 1.37 bits per heavy atom. The molecule has 0 radical (unpaired) electrons. The molecule has 0 aliphatic rings. The molecule has 19 heavy (non-hydrogen) atoms. The summed E-state index contributed by atoms with van der Waals surface area (Å²) in [6.07, 6.45) is 2.19. The molecular formula is C14H25BrN2O2. The van der Waals surface area contributed by atoms with E-state index < -0.39 is 0 Å². The number of hydrogen-bond donors (Lipinski definition) is 1. The van der Waals surface area contributed by atoms with E-state index in [1.54, 1.807) is 7.11 Å². The number of hydrogen-bond acceptors (Lipinski definition) is 4. The lowest BCUT2D eigenvalue weighted by Gasteiger charge is -2.35. The summed E-state index contributed by atoms with van der Waals surface area (Å²) in [5.41, 5.74) is 5.98. The molecule has 1 rings (SSSR count). The first-order valence-corrected chi connectivity index (χ1v) is 7.67. The largest absolute Gasteiger partial charge is 0.453 e. The van der Waals surface area contributed by atoms with Crippen LogP contribution in [0.5, 0.6) is 0 Å². The highest BCUT2D eigenvalue weighted by molar-refractivity contribution is 9.10. The number of nitrogens with zero attached hydrogens (tertiary/aromatic N) is 1. The van der Waals surface area contributed by atoms with Crippen molar-refractivity contribution in [3.05, 3.63) is 22.6 Å². The quantitative estimate of drug-likeness (QED) is 0.754. The maximum atomic E-state index is 5.98. The van der Waals surface area contributed by atoms with Gasteiger partial charge in [0.05, 0.1) is 12.6 Å². The van der Waals surface area contributed by atoms with Crippen LogP contribution in [0.4, 0.5) is 0 Å². The Morgan fingerprint density at radius 2 is 2.05 bits per heavy atom. The number of halogens is 1. The first-order valence-electron chi connectivity index (χ1n) is 6.87. The van der Waals surface area contributed by atoms with Crippen molar-refractivity contribution < 1.29 is 9.15 Å². The molecule has 0 saturated heterocycles. The Balaban J connectivity index is 2.91. The summed E-state index contributed by atoms with van der Waals surface area (Å²) in [6, 6.07) is 4.50. The zero-order valence-corrected chi connectivity index (χ0v) is 13.6. The van der Waals surface area contributed by atoms with Crippen LogP contribution in [-0.2, 0) is 4.74 Å². The molecule has 1 unspecified atom stereocenters. The fraction of sp³-hybridized carbons (Fsp3) is 0.714. The predicted octanol–water partition coefficient (Wildman–Crippen LogP) is 3.18. The van der Waals surface area contributed by atoms with Gasteiger partial charge in [0.2, 0.25) is 0 Å². The van der Waals surface area contributed by atoms with Crippen molar-refractivity contribution in [1.82, 2.24) is 4.90 Å². The summed E-state index contributed by atoms with van der Waals surface area (Å²) in [5, 5.41) is 0. The van der Waals surface area contributed by atoms with Gasteiger partial charge in [0.15, 0.2) is 4.67 Å². The molecule has 0 amide bonds. The van der Waals surface area contributed by atoms with Crippen molar-refractivity contribution in [3.8, 4) is 0 Å². The van der Waals surface area contributed by atoms with Gasteiger partial charge < -0.3 is 14.9 Å². The smallest absolute Gasteiger partial charge is 0.169 e. The van der Waals surface area contributed by atoms with Gasteiger partial charge in [-0.15, -0.1) is 0 Å². The van der Waals surface area contributed by atoms with E-state index in [0.717, 1.165) is 29.8 Å². The third-order valence-corrected chi connectivity index (χ3v) is 3.94. The first kappa shape index (κ1) is 16.7. The van der Waals surface area contributed by atoms with Crippen LogP contribution in [0.3, 0.4) is 0 Å². The van der Waals surface area contributed by atoms with Crippen molar-refractivity contribution in [2.75, 3.05) is 26.8 Å². The Morgan fingerprint density at radius 3 is 2.47 bits per heavy atom. The summed E-state index contributed by atoms with van der Waals surface area (Å²) in [4.78, 5) is 2.40. The van der Waals surface area contributed by atoms with Crippen molar-refractivity contribution >= 4 is 15.9 Å². The van der Waals surface area contributed by atoms with Gasteiger partial charge in [0.25, 0.3) is 0 Å². The van der Waals surface area contributed by atoms with Crippen LogP contribution >= 0.6 is 15.9 Å². The van der Waals surface area contributed by atoms with E-state index in [-0.39, 0.29) is 6.04 Å². The van der Waals surface area contributed by atoms with E-state index in [9.17, 15) is 0 Å². The molecule has 0 fully saturated rings. The van der Waals surface area contributed by atoms with E-state index in [1.165, 1.54) is 0 Å². The lowest BCUT2D eigenvalue weighted by atomic mass is 10.1. The van der Waals surface area contributed by atoms with Gasteiger partial charge in [0.1, 0.15) is 5.76 Å². The third-order valence-electron chi connectivity index (χ3n) is 3.51. The topological polar surface area (TPSA) is 51.6 Å². The number of methoxy groups -OCH3 is 1. The summed E-state index contributed by atoms with van der Waals surface area (Å²) < 4.78 is 11.7. The highest BCUT2D eigenvalue weighted by atomic mass is 79.9. The normalized spacial score (nSPS) is 13.4. The average molecular weight is 333 g/mol. The monoisotopic (exact) mass is 332 g/mol. The van der Waals surface area contributed by atoms with Crippen molar-refractivity contribution in [3.63, 3.8) is 0 Å². The standard InChI is InChI=1S/C14H25BrN2O2/c1-4-11(5-2)17(8-9-18-3)12(10-16)13-6-7-14(15)19-13/h6-7,11-12H,4-5,8-10,16H2,1-3H3. The first-order chi connectivity index (χ1) is 9.17. The fourth-order valence-corrected chi connectivity index (χ4v) is 2.79. The van der Waals surface area contributed by atoms with Crippen LogP contribution < -0.4 is 5.73 Å². The second-order valence-electron chi connectivity index (χ2n) is 4.59. The van der Waals surface area contributed by atoms with Crippen molar-refractivity contribution in [2.24, 2.45) is 5.73 Å². The molecule has 1 heterocycles. The third kappa shape index (κ3) is 4.60. The van der Waals surface area contributed by atoms with E-state index in [0.29, 0.717) is 19.2 Å². The maximum absolute atomic E-state index is 5.98. The molecule has 0 bridgehead atoms. The van der Waals surface area contributed by atoms with Gasteiger partial charge in [-0.05, 0) is 40.9 Å². The molecule has 4 nitrogen and oxygen atoms in total. The van der Waals surface area contributed by atoms with Gasteiger partial charge in [-0.1, -0.05) is 13.8 Å². The van der Waals surface area contributed by atoms with E-state index >= 15 is 0 Å². The SMILES string of the molecule is CCC(CC)N(CCOC)C(CN)c1ccc(Br)o1. The van der Waals surface area contributed by atoms with Crippen molar-refractivity contribution in [2.45, 2.75) is 38.8 Å². The Hall–Kier alpha value is -0.360. The second-order valence-corrected chi connectivity index (χ2v) is 5.38. The second kappa shape index (κ2) is 8.74. The lowest BCUT2D eigenvalue weighted by Crippen LogP contribution is -2.42. The summed E-state index contributed by atoms with van der Waals surface area (Å²) in [5.74, 6) is 0.914. The Bertz CT molecular complexity index is 353. The molecule has 110 valence electrons. The van der Waals surface area contributed by atoms with Crippen LogP contribution in [0.15, 0.2) is 21.2 Å². The minimum atomic E-state index is 0.103. The van der Waals surface area contributed by atoms with Gasteiger partial charge in [-0.2, -0.15) is 0 Å². The van der Waals surface area contributed by atoms with Gasteiger partial charge in [-0.3, -0.25) is 4.90 Å². The number of rotatable bonds is 9. The molecule has 1 aromatic rings. The Labute approximate surface area is 124 Å². The molecule has 0 saturated carbocycles. The van der Waals surface area contributed by atoms with Crippen LogP contribution in [-0.4, -0.2) is 37.7 Å². The van der Waals surface area contributed by atoms with E-state index in [4.69, 9.17) is 14.9 Å². The summed E-state index contributed by atoms with van der Waals surface area (Å²) in [7, 11) is 1.73. The molecule has 1 aromatic heterocycles. The van der Waals surface area contributed by atoms with Gasteiger partial charge >= 0.3 is 0 Å². The number of furan rings is 1. The number of ether oxygens (including phenoxy) is 1. The minimum Gasteiger partial charge on any atom is -0.453 e. The molecule has 1 atom stereocenters. The average Bonchev–Trinajstić information content (AvgIpc) is 2.84. The summed E-state index contributed by atoms with van der Waals surface area (Å²) in [6.45, 7) is 6.53. The lowest BCUT2D eigenvalue weighted by molar-refractivity contribution is 0.0727. The zero-order valence-electron chi connectivity index (χ0n) is 12.1. The van der Waals surface area contributed by atoms with Crippen LogP contribution in [0.2, 0.25) is 0 Å². The predicted molar refractivity (Wildman–Crippen MR) is 81.2 cm³/mol. The highest BCUT2D eigenvalue weighted by Crippen LogP contribution is 2.27. The number of nitrogens with two attached hydrogens (primary N) is 1. The van der Waals surface area contributed by atoms with Gasteiger partial charge in [0, 0.05) is 26.2 Å². The highest BCUT2D eigenvalue weighted by Gasteiger charge is 2.26. The molecule has 0 spiro atoms. The van der Waals surface area contributed by atoms with Gasteiger partial charge in [-0.25, -0.2) is 0 Å². The molecule has 2 N–H and O–H groups in total. The van der Waals surface area contributed by atoms with E-state index in [2.05, 4.69) is 34.7 Å². The molecular weight excluding hydrogens is 308 g/mol. The fourth-order valence-electron chi connectivity index (χ4n) is 2.47. The van der Waals surface area contributed by atoms with E-state index in [1.807, 2.05) is 12.1 Å². The zero-order chi connectivity index (χ0) is 14.3.